The Kier molecular flexibility index (Phi) is 5.16. The lowest BCUT2D eigenvalue weighted by molar-refractivity contribution is -0.0113. The number of aliphatic hydroxyl groups is 1. The molecule has 0 unspecified atom stereocenters. The van der Waals surface area contributed by atoms with Gasteiger partial charge < -0.3 is 14.6 Å². The third-order valence-electron chi connectivity index (χ3n) is 3.08. The van der Waals surface area contributed by atoms with E-state index in [0.29, 0.717) is 24.2 Å². The van der Waals surface area contributed by atoms with Gasteiger partial charge in [0.05, 0.1) is 18.3 Å². The van der Waals surface area contributed by atoms with E-state index in [2.05, 4.69) is 4.74 Å². The van der Waals surface area contributed by atoms with Gasteiger partial charge in [0.1, 0.15) is 12.4 Å². The van der Waals surface area contributed by atoms with Crippen LogP contribution in [0.25, 0.3) is 0 Å². The SMILES string of the molecule is CCC(O)(CC)COc1cccc(C(=O)OC)c1. The van der Waals surface area contributed by atoms with Crippen molar-refractivity contribution in [2.45, 2.75) is 32.3 Å². The summed E-state index contributed by atoms with van der Waals surface area (Å²) in [4.78, 5) is 11.4. The highest BCUT2D eigenvalue weighted by Gasteiger charge is 2.23. The van der Waals surface area contributed by atoms with Crippen LogP contribution in [0.2, 0.25) is 0 Å². The van der Waals surface area contributed by atoms with Crippen molar-refractivity contribution >= 4 is 5.97 Å². The molecule has 1 N–H and O–H groups in total. The van der Waals surface area contributed by atoms with Gasteiger partial charge >= 0.3 is 5.97 Å². The van der Waals surface area contributed by atoms with Gasteiger partial charge in [-0.25, -0.2) is 4.79 Å². The molecule has 1 aromatic carbocycles. The lowest BCUT2D eigenvalue weighted by atomic mass is 9.99. The summed E-state index contributed by atoms with van der Waals surface area (Å²) in [6.07, 6.45) is 1.25. The zero-order valence-electron chi connectivity index (χ0n) is 11.1. The van der Waals surface area contributed by atoms with Crippen molar-refractivity contribution in [1.82, 2.24) is 0 Å². The minimum atomic E-state index is -0.818. The molecule has 0 fully saturated rings. The van der Waals surface area contributed by atoms with Gasteiger partial charge in [0, 0.05) is 0 Å². The smallest absolute Gasteiger partial charge is 0.337 e. The van der Waals surface area contributed by atoms with Crippen LogP contribution < -0.4 is 4.74 Å². The number of carbonyl (C=O) groups is 1. The molecule has 0 bridgehead atoms. The average Bonchev–Trinajstić information content (AvgIpc) is 2.44. The molecule has 0 aliphatic rings. The molecule has 0 aliphatic heterocycles. The summed E-state index contributed by atoms with van der Waals surface area (Å²) in [5.41, 5.74) is -0.382. The summed E-state index contributed by atoms with van der Waals surface area (Å²) < 4.78 is 10.2. The van der Waals surface area contributed by atoms with Crippen LogP contribution >= 0.6 is 0 Å². The van der Waals surface area contributed by atoms with E-state index in [1.54, 1.807) is 24.3 Å². The molecule has 4 heteroatoms. The number of esters is 1. The van der Waals surface area contributed by atoms with Crippen molar-refractivity contribution in [3.63, 3.8) is 0 Å². The lowest BCUT2D eigenvalue weighted by Crippen LogP contribution is -2.34. The fraction of sp³-hybridized carbons (Fsp3) is 0.500. The van der Waals surface area contributed by atoms with E-state index in [1.165, 1.54) is 7.11 Å². The molecule has 1 aromatic rings. The van der Waals surface area contributed by atoms with Crippen molar-refractivity contribution in [3.8, 4) is 5.75 Å². The molecular formula is C14H20O4. The predicted octanol–water partition coefficient (Wildman–Crippen LogP) is 2.40. The standard InChI is InChI=1S/C14H20O4/c1-4-14(16,5-2)10-18-12-8-6-7-11(9-12)13(15)17-3/h6-9,16H,4-5,10H2,1-3H3. The second kappa shape index (κ2) is 6.40. The summed E-state index contributed by atoms with van der Waals surface area (Å²) in [5.74, 6) is 0.153. The Morgan fingerprint density at radius 3 is 2.56 bits per heavy atom. The van der Waals surface area contributed by atoms with Crippen molar-refractivity contribution in [1.29, 1.82) is 0 Å². The van der Waals surface area contributed by atoms with Gasteiger partial charge in [0.15, 0.2) is 0 Å². The number of benzene rings is 1. The maximum Gasteiger partial charge on any atom is 0.337 e. The second-order valence-electron chi connectivity index (χ2n) is 4.24. The molecule has 4 nitrogen and oxygen atoms in total. The normalized spacial score (nSPS) is 11.1. The maximum atomic E-state index is 11.4. The number of carbonyl (C=O) groups excluding carboxylic acids is 1. The zero-order chi connectivity index (χ0) is 13.6. The van der Waals surface area contributed by atoms with Crippen LogP contribution in [0.15, 0.2) is 24.3 Å². The Balaban J connectivity index is 2.71. The van der Waals surface area contributed by atoms with Gasteiger partial charge in [-0.2, -0.15) is 0 Å². The number of hydrogen-bond acceptors (Lipinski definition) is 4. The third-order valence-corrected chi connectivity index (χ3v) is 3.08. The van der Waals surface area contributed by atoms with Crippen LogP contribution in [0.3, 0.4) is 0 Å². The van der Waals surface area contributed by atoms with E-state index < -0.39 is 11.6 Å². The highest BCUT2D eigenvalue weighted by atomic mass is 16.5. The molecule has 100 valence electrons. The van der Waals surface area contributed by atoms with Crippen molar-refractivity contribution < 1.29 is 19.4 Å². The van der Waals surface area contributed by atoms with Crippen LogP contribution in [0.4, 0.5) is 0 Å². The molecule has 0 spiro atoms. The maximum absolute atomic E-state index is 11.4. The molecule has 1 rings (SSSR count). The van der Waals surface area contributed by atoms with Gasteiger partial charge in [-0.1, -0.05) is 19.9 Å². The summed E-state index contributed by atoms with van der Waals surface area (Å²) in [7, 11) is 1.34. The second-order valence-corrected chi connectivity index (χ2v) is 4.24. The van der Waals surface area contributed by atoms with Gasteiger partial charge in [-0.3, -0.25) is 0 Å². The number of ether oxygens (including phenoxy) is 2. The minimum Gasteiger partial charge on any atom is -0.491 e. The van der Waals surface area contributed by atoms with Gasteiger partial charge in [-0.05, 0) is 31.0 Å². The van der Waals surface area contributed by atoms with E-state index in [4.69, 9.17) is 4.74 Å². The van der Waals surface area contributed by atoms with Crippen LogP contribution in [0.1, 0.15) is 37.0 Å². The molecule has 0 saturated carbocycles. The van der Waals surface area contributed by atoms with E-state index >= 15 is 0 Å². The summed E-state index contributed by atoms with van der Waals surface area (Å²) in [5, 5.41) is 10.1. The summed E-state index contributed by atoms with van der Waals surface area (Å²) >= 11 is 0. The predicted molar refractivity (Wildman–Crippen MR) is 68.8 cm³/mol. The molecule has 0 radical (unpaired) electrons. The quantitative estimate of drug-likeness (QED) is 0.790. The third kappa shape index (κ3) is 3.74. The van der Waals surface area contributed by atoms with Crippen LogP contribution in [0, 0.1) is 0 Å². The van der Waals surface area contributed by atoms with Gasteiger partial charge in [0.2, 0.25) is 0 Å². The molecule has 0 aliphatic carbocycles. The van der Waals surface area contributed by atoms with Crippen molar-refractivity contribution in [2.24, 2.45) is 0 Å². The van der Waals surface area contributed by atoms with Gasteiger partial charge in [0.25, 0.3) is 0 Å². The van der Waals surface area contributed by atoms with Crippen LogP contribution in [-0.2, 0) is 4.74 Å². The molecule has 0 saturated heterocycles. The Bertz CT molecular complexity index is 397. The first-order valence-corrected chi connectivity index (χ1v) is 6.08. The highest BCUT2D eigenvalue weighted by Crippen LogP contribution is 2.19. The zero-order valence-corrected chi connectivity index (χ0v) is 11.1. The van der Waals surface area contributed by atoms with Gasteiger partial charge in [-0.15, -0.1) is 0 Å². The number of hydrogen-bond donors (Lipinski definition) is 1. The van der Waals surface area contributed by atoms with E-state index in [9.17, 15) is 9.90 Å². The summed E-state index contributed by atoms with van der Waals surface area (Å²) in [6, 6.07) is 6.73. The van der Waals surface area contributed by atoms with E-state index in [0.717, 1.165) is 0 Å². The molecular weight excluding hydrogens is 232 g/mol. The first-order valence-electron chi connectivity index (χ1n) is 6.08. The number of methoxy groups -OCH3 is 1. The largest absolute Gasteiger partial charge is 0.491 e. The van der Waals surface area contributed by atoms with Crippen LogP contribution in [-0.4, -0.2) is 30.4 Å². The van der Waals surface area contributed by atoms with E-state index in [-0.39, 0.29) is 6.61 Å². The monoisotopic (exact) mass is 252 g/mol. The molecule has 0 aromatic heterocycles. The summed E-state index contributed by atoms with van der Waals surface area (Å²) in [6.45, 7) is 4.04. The Morgan fingerprint density at radius 1 is 1.33 bits per heavy atom. The Hall–Kier alpha value is -1.55. The fourth-order valence-corrected chi connectivity index (χ4v) is 1.50. The molecule has 0 amide bonds. The van der Waals surface area contributed by atoms with E-state index in [1.807, 2.05) is 13.8 Å². The topological polar surface area (TPSA) is 55.8 Å². The molecule has 18 heavy (non-hydrogen) atoms. The first-order chi connectivity index (χ1) is 8.54. The minimum absolute atomic E-state index is 0.213. The average molecular weight is 252 g/mol. The fourth-order valence-electron chi connectivity index (χ4n) is 1.50. The van der Waals surface area contributed by atoms with Crippen LogP contribution in [0.5, 0.6) is 5.75 Å². The lowest BCUT2D eigenvalue weighted by Gasteiger charge is -2.25. The number of rotatable bonds is 6. The Morgan fingerprint density at radius 2 is 2.00 bits per heavy atom. The van der Waals surface area contributed by atoms with Crippen molar-refractivity contribution in [3.05, 3.63) is 29.8 Å². The molecule has 0 heterocycles. The molecule has 0 atom stereocenters. The first kappa shape index (κ1) is 14.5. The van der Waals surface area contributed by atoms with Crippen molar-refractivity contribution in [2.75, 3.05) is 13.7 Å². The Labute approximate surface area is 108 Å². The highest BCUT2D eigenvalue weighted by molar-refractivity contribution is 5.89.